The summed E-state index contributed by atoms with van der Waals surface area (Å²) in [6, 6.07) is 0. The van der Waals surface area contributed by atoms with Gasteiger partial charge in [-0.25, -0.2) is 0 Å². The molecule has 0 aromatic carbocycles. The van der Waals surface area contributed by atoms with E-state index in [1.807, 2.05) is 6.92 Å². The topological polar surface area (TPSA) is 40.5 Å². The Kier molecular flexibility index (Phi) is 6.13. The number of fused-ring (bicyclic) bond motifs is 5. The first-order chi connectivity index (χ1) is 14.2. The smallest absolute Gasteiger partial charge is 0.0677 e. The fourth-order valence-electron chi connectivity index (χ4n) is 9.21. The second kappa shape index (κ2) is 8.12. The minimum absolute atomic E-state index is 0.283. The van der Waals surface area contributed by atoms with Crippen LogP contribution >= 0.6 is 0 Å². The lowest BCUT2D eigenvalue weighted by molar-refractivity contribution is -0.154. The SMILES string of the molecule is CC#CC[C@H](O)[C@@H](C)C1CCC2C3CCC4CC(O)(CC)CCC4(C)C3CCC21C. The molecule has 0 aromatic rings. The van der Waals surface area contributed by atoms with Gasteiger partial charge in [-0.1, -0.05) is 27.7 Å². The van der Waals surface area contributed by atoms with E-state index in [1.165, 1.54) is 44.9 Å². The Morgan fingerprint density at radius 2 is 1.70 bits per heavy atom. The summed E-state index contributed by atoms with van der Waals surface area (Å²) < 4.78 is 0. The third-order valence-corrected chi connectivity index (χ3v) is 11.3. The van der Waals surface area contributed by atoms with Gasteiger partial charge in [-0.05, 0) is 117 Å². The lowest BCUT2D eigenvalue weighted by Crippen LogP contribution is -2.56. The van der Waals surface area contributed by atoms with Crippen molar-refractivity contribution in [2.24, 2.45) is 46.3 Å². The van der Waals surface area contributed by atoms with Crippen LogP contribution in [0.5, 0.6) is 0 Å². The monoisotopic (exact) mass is 414 g/mol. The molecule has 30 heavy (non-hydrogen) atoms. The molecule has 0 spiro atoms. The quantitative estimate of drug-likeness (QED) is 0.538. The predicted molar refractivity (Wildman–Crippen MR) is 124 cm³/mol. The summed E-state index contributed by atoms with van der Waals surface area (Å²) in [5, 5.41) is 21.8. The van der Waals surface area contributed by atoms with Gasteiger partial charge in [0.25, 0.3) is 0 Å². The van der Waals surface area contributed by atoms with Crippen molar-refractivity contribution in [2.75, 3.05) is 0 Å². The zero-order valence-corrected chi connectivity index (χ0v) is 20.2. The van der Waals surface area contributed by atoms with Gasteiger partial charge in [-0.3, -0.25) is 0 Å². The molecule has 170 valence electrons. The van der Waals surface area contributed by atoms with Gasteiger partial charge < -0.3 is 10.2 Å². The van der Waals surface area contributed by atoms with Crippen molar-refractivity contribution in [1.29, 1.82) is 0 Å². The third kappa shape index (κ3) is 3.47. The van der Waals surface area contributed by atoms with Gasteiger partial charge >= 0.3 is 0 Å². The molecular weight excluding hydrogens is 368 g/mol. The first kappa shape index (κ1) is 22.7. The van der Waals surface area contributed by atoms with E-state index >= 15 is 0 Å². The van der Waals surface area contributed by atoms with Crippen LogP contribution in [0.4, 0.5) is 0 Å². The highest BCUT2D eigenvalue weighted by atomic mass is 16.3. The second-order valence-electron chi connectivity index (χ2n) is 12.2. The average molecular weight is 415 g/mol. The number of aliphatic hydroxyl groups excluding tert-OH is 1. The average Bonchev–Trinajstić information content (AvgIpc) is 3.09. The van der Waals surface area contributed by atoms with Crippen LogP contribution in [0.2, 0.25) is 0 Å². The van der Waals surface area contributed by atoms with Gasteiger partial charge in [0.05, 0.1) is 11.7 Å². The van der Waals surface area contributed by atoms with Crippen LogP contribution in [0.25, 0.3) is 0 Å². The highest BCUT2D eigenvalue weighted by Gasteiger charge is 2.61. The summed E-state index contributed by atoms with van der Waals surface area (Å²) in [4.78, 5) is 0. The zero-order valence-electron chi connectivity index (χ0n) is 20.2. The Morgan fingerprint density at radius 3 is 2.40 bits per heavy atom. The molecule has 4 rings (SSSR count). The normalized spacial score (nSPS) is 49.8. The molecule has 0 aromatic heterocycles. The van der Waals surface area contributed by atoms with Crippen molar-refractivity contribution in [3.05, 3.63) is 0 Å². The number of aliphatic hydroxyl groups is 2. The zero-order chi connectivity index (χ0) is 21.7. The molecular formula is C28H46O2. The van der Waals surface area contributed by atoms with Crippen LogP contribution < -0.4 is 0 Å². The first-order valence-corrected chi connectivity index (χ1v) is 13.0. The van der Waals surface area contributed by atoms with Crippen LogP contribution in [-0.4, -0.2) is 21.9 Å². The van der Waals surface area contributed by atoms with E-state index in [0.29, 0.717) is 35.0 Å². The molecule has 0 aliphatic heterocycles. The van der Waals surface area contributed by atoms with E-state index in [9.17, 15) is 10.2 Å². The van der Waals surface area contributed by atoms with Crippen LogP contribution in [0.1, 0.15) is 105 Å². The molecule has 0 amide bonds. The molecule has 4 saturated carbocycles. The Bertz CT molecular complexity index is 690. The summed E-state index contributed by atoms with van der Waals surface area (Å²) >= 11 is 0. The van der Waals surface area contributed by atoms with E-state index in [4.69, 9.17) is 0 Å². The second-order valence-corrected chi connectivity index (χ2v) is 12.2. The highest BCUT2D eigenvalue weighted by Crippen LogP contribution is 2.69. The molecule has 4 fully saturated rings. The van der Waals surface area contributed by atoms with Crippen LogP contribution in [0, 0.1) is 58.2 Å². The van der Waals surface area contributed by atoms with Gasteiger partial charge in [0, 0.05) is 6.42 Å². The van der Waals surface area contributed by atoms with Crippen LogP contribution in [0.3, 0.4) is 0 Å². The van der Waals surface area contributed by atoms with E-state index in [-0.39, 0.29) is 6.10 Å². The Labute approximate surface area is 185 Å². The molecule has 0 radical (unpaired) electrons. The van der Waals surface area contributed by atoms with Crippen molar-refractivity contribution >= 4 is 0 Å². The number of hydrogen-bond donors (Lipinski definition) is 2. The minimum atomic E-state index is -0.397. The lowest BCUT2D eigenvalue weighted by atomic mass is 9.43. The van der Waals surface area contributed by atoms with E-state index < -0.39 is 5.60 Å². The molecule has 2 heteroatoms. The fraction of sp³-hybridized carbons (Fsp3) is 0.929. The number of rotatable bonds is 4. The summed E-state index contributed by atoms with van der Waals surface area (Å²) in [6.07, 6.45) is 12.6. The van der Waals surface area contributed by atoms with E-state index in [1.54, 1.807) is 0 Å². The summed E-state index contributed by atoms with van der Waals surface area (Å²) in [7, 11) is 0. The van der Waals surface area contributed by atoms with Gasteiger partial charge in [-0.15, -0.1) is 11.8 Å². The van der Waals surface area contributed by atoms with Crippen molar-refractivity contribution in [3.8, 4) is 11.8 Å². The Hall–Kier alpha value is -0.520. The summed E-state index contributed by atoms with van der Waals surface area (Å²) in [5.41, 5.74) is 0.431. The molecule has 2 N–H and O–H groups in total. The standard InChI is InChI=1S/C28H46O2/c1-6-8-9-25(29)19(3)22-12-13-23-21-11-10-20-18-28(30,7-2)17-16-26(20,4)24(21)14-15-27(22,23)5/h19-25,29-30H,7,9-18H2,1-5H3/t19-,20?,21?,22?,23?,24?,25-,26?,27?,28?/m0/s1. The maximum absolute atomic E-state index is 11.0. The summed E-state index contributed by atoms with van der Waals surface area (Å²) in [6.45, 7) is 11.5. The highest BCUT2D eigenvalue weighted by molar-refractivity contribution is 5.11. The molecule has 0 saturated heterocycles. The molecule has 4 aliphatic carbocycles. The van der Waals surface area contributed by atoms with Crippen molar-refractivity contribution in [1.82, 2.24) is 0 Å². The number of hydrogen-bond acceptors (Lipinski definition) is 2. The largest absolute Gasteiger partial charge is 0.392 e. The van der Waals surface area contributed by atoms with Gasteiger partial charge in [0.15, 0.2) is 0 Å². The minimum Gasteiger partial charge on any atom is -0.392 e. The first-order valence-electron chi connectivity index (χ1n) is 13.0. The molecule has 0 heterocycles. The molecule has 0 bridgehead atoms. The maximum Gasteiger partial charge on any atom is 0.0677 e. The van der Waals surface area contributed by atoms with Crippen LogP contribution in [-0.2, 0) is 0 Å². The molecule has 10 atom stereocenters. The molecule has 4 aliphatic rings. The lowest BCUT2D eigenvalue weighted by Gasteiger charge is -2.62. The Balaban J connectivity index is 1.52. The van der Waals surface area contributed by atoms with E-state index in [0.717, 1.165) is 37.0 Å². The van der Waals surface area contributed by atoms with E-state index in [2.05, 4.69) is 39.5 Å². The van der Waals surface area contributed by atoms with Crippen molar-refractivity contribution < 1.29 is 10.2 Å². The van der Waals surface area contributed by atoms with Crippen molar-refractivity contribution in [3.63, 3.8) is 0 Å². The Morgan fingerprint density at radius 1 is 0.967 bits per heavy atom. The molecule has 8 unspecified atom stereocenters. The summed E-state index contributed by atoms with van der Waals surface area (Å²) in [5.74, 6) is 10.3. The molecule has 2 nitrogen and oxygen atoms in total. The fourth-order valence-corrected chi connectivity index (χ4v) is 9.21. The van der Waals surface area contributed by atoms with Crippen LogP contribution in [0.15, 0.2) is 0 Å². The van der Waals surface area contributed by atoms with Crippen molar-refractivity contribution in [2.45, 2.75) is 117 Å². The van der Waals surface area contributed by atoms with Gasteiger partial charge in [0.1, 0.15) is 0 Å². The van der Waals surface area contributed by atoms with Gasteiger partial charge in [0.2, 0.25) is 0 Å². The third-order valence-electron chi connectivity index (χ3n) is 11.3. The maximum atomic E-state index is 11.0. The van der Waals surface area contributed by atoms with Gasteiger partial charge in [-0.2, -0.15) is 0 Å². The predicted octanol–water partition coefficient (Wildman–Crippen LogP) is 6.20.